The number of carbonyl (C=O) groups is 2. The van der Waals surface area contributed by atoms with Gasteiger partial charge in [-0.1, -0.05) is 5.21 Å². The Morgan fingerprint density at radius 2 is 1.89 bits per heavy atom. The van der Waals surface area contributed by atoms with Crippen LogP contribution < -0.4 is 10.1 Å². The normalized spacial score (nSPS) is 11.5. The van der Waals surface area contributed by atoms with Gasteiger partial charge in [-0.05, 0) is 65.3 Å². The van der Waals surface area contributed by atoms with Gasteiger partial charge in [-0.2, -0.15) is 0 Å². The lowest BCUT2D eigenvalue weighted by Gasteiger charge is -2.25. The maximum Gasteiger partial charge on any atom is 0.303 e. The Hall–Kier alpha value is -2.90. The smallest absolute Gasteiger partial charge is 0.303 e. The molecule has 2 rings (SSSR count). The van der Waals surface area contributed by atoms with Gasteiger partial charge in [-0.15, -0.1) is 5.10 Å². The molecule has 0 aliphatic carbocycles. The summed E-state index contributed by atoms with van der Waals surface area (Å²) in [5.74, 6) is -0.525. The molecule has 0 atom stereocenters. The first-order valence-electron chi connectivity index (χ1n) is 8.83. The first-order chi connectivity index (χ1) is 12.6. The van der Waals surface area contributed by atoms with Crippen LogP contribution in [0.2, 0.25) is 0 Å². The number of nitrogens with zero attached hydrogens (tertiary/aromatic N) is 3. The number of aliphatic carboxylic acids is 1. The summed E-state index contributed by atoms with van der Waals surface area (Å²) in [6.07, 6.45) is 0.381. The molecule has 0 spiro atoms. The summed E-state index contributed by atoms with van der Waals surface area (Å²) in [6.45, 7) is 9.23. The largest absolute Gasteiger partial charge is 0.491 e. The topological polar surface area (TPSA) is 106 Å². The second-order valence-corrected chi connectivity index (χ2v) is 7.33. The Kier molecular flexibility index (Phi) is 6.20. The maximum atomic E-state index is 12.6. The number of ether oxygens (including phenoxy) is 1. The lowest BCUT2D eigenvalue weighted by atomic mass is 9.98. The van der Waals surface area contributed by atoms with Gasteiger partial charge in [0.15, 0.2) is 5.69 Å². The van der Waals surface area contributed by atoms with E-state index in [9.17, 15) is 9.59 Å². The van der Waals surface area contributed by atoms with Crippen LogP contribution in [0, 0.1) is 6.92 Å². The number of aromatic nitrogens is 3. The highest BCUT2D eigenvalue weighted by Gasteiger charge is 2.25. The average Bonchev–Trinajstić information content (AvgIpc) is 2.95. The van der Waals surface area contributed by atoms with E-state index in [0.29, 0.717) is 12.1 Å². The van der Waals surface area contributed by atoms with Gasteiger partial charge >= 0.3 is 5.97 Å². The molecule has 0 fully saturated rings. The number of carbonyl (C=O) groups excluding carboxylic acids is 1. The van der Waals surface area contributed by atoms with Crippen LogP contribution in [0.4, 0.5) is 0 Å². The van der Waals surface area contributed by atoms with Crippen molar-refractivity contribution in [1.82, 2.24) is 20.3 Å². The molecule has 0 saturated heterocycles. The van der Waals surface area contributed by atoms with Crippen LogP contribution in [-0.4, -0.2) is 43.6 Å². The first-order valence-corrected chi connectivity index (χ1v) is 8.83. The van der Waals surface area contributed by atoms with Gasteiger partial charge < -0.3 is 15.2 Å². The Morgan fingerprint density at radius 1 is 1.26 bits per heavy atom. The Labute approximate surface area is 158 Å². The molecule has 0 unspecified atom stereocenters. The number of carboxylic acids is 1. The number of amides is 1. The van der Waals surface area contributed by atoms with Crippen molar-refractivity contribution >= 4 is 11.9 Å². The van der Waals surface area contributed by atoms with Crippen LogP contribution in [0.5, 0.6) is 5.75 Å². The lowest BCUT2D eigenvalue weighted by molar-refractivity contribution is -0.137. The molecule has 8 nitrogen and oxygen atoms in total. The molecule has 2 N–H and O–H groups in total. The molecule has 1 amide bonds. The zero-order valence-corrected chi connectivity index (χ0v) is 16.3. The quantitative estimate of drug-likeness (QED) is 0.736. The van der Waals surface area contributed by atoms with E-state index >= 15 is 0 Å². The minimum Gasteiger partial charge on any atom is -0.491 e. The molecule has 8 heteroatoms. The fourth-order valence-corrected chi connectivity index (χ4v) is 2.57. The van der Waals surface area contributed by atoms with E-state index in [1.807, 2.05) is 38.1 Å². The van der Waals surface area contributed by atoms with Crippen LogP contribution in [0.3, 0.4) is 0 Å². The first kappa shape index (κ1) is 20.4. The lowest BCUT2D eigenvalue weighted by Crippen LogP contribution is -2.44. The average molecular weight is 374 g/mol. The van der Waals surface area contributed by atoms with Crippen molar-refractivity contribution in [3.63, 3.8) is 0 Å². The Morgan fingerprint density at radius 3 is 2.44 bits per heavy atom. The highest BCUT2D eigenvalue weighted by atomic mass is 16.5. The number of hydrogen-bond donors (Lipinski definition) is 2. The van der Waals surface area contributed by atoms with E-state index in [1.54, 1.807) is 25.5 Å². The highest BCUT2D eigenvalue weighted by molar-refractivity contribution is 5.93. The maximum absolute atomic E-state index is 12.6. The second kappa shape index (κ2) is 8.20. The van der Waals surface area contributed by atoms with E-state index in [-0.39, 0.29) is 24.1 Å². The molecule has 0 aliphatic rings. The predicted molar refractivity (Wildman–Crippen MR) is 100 cm³/mol. The number of benzene rings is 1. The number of rotatable bonds is 8. The molecule has 2 aromatic rings. The van der Waals surface area contributed by atoms with Crippen molar-refractivity contribution in [2.75, 3.05) is 0 Å². The zero-order valence-electron chi connectivity index (χ0n) is 16.3. The van der Waals surface area contributed by atoms with Gasteiger partial charge in [0.25, 0.3) is 5.91 Å². The molecule has 0 radical (unpaired) electrons. The minimum atomic E-state index is -0.899. The summed E-state index contributed by atoms with van der Waals surface area (Å²) in [7, 11) is 0. The van der Waals surface area contributed by atoms with Crippen molar-refractivity contribution in [3.05, 3.63) is 35.7 Å². The molecular weight excluding hydrogens is 348 g/mol. The summed E-state index contributed by atoms with van der Waals surface area (Å²) in [4.78, 5) is 23.3. The van der Waals surface area contributed by atoms with E-state index in [0.717, 1.165) is 11.4 Å². The van der Waals surface area contributed by atoms with Crippen LogP contribution >= 0.6 is 0 Å². The Balaban J connectivity index is 2.14. The fraction of sp³-hybridized carbons (Fsp3) is 0.474. The summed E-state index contributed by atoms with van der Waals surface area (Å²) in [5.41, 5.74) is 0.905. The van der Waals surface area contributed by atoms with E-state index in [4.69, 9.17) is 9.84 Å². The van der Waals surface area contributed by atoms with Crippen molar-refractivity contribution in [2.24, 2.45) is 0 Å². The molecule has 1 heterocycles. The summed E-state index contributed by atoms with van der Waals surface area (Å²) >= 11 is 0. The van der Waals surface area contributed by atoms with E-state index in [1.165, 1.54) is 0 Å². The minimum absolute atomic E-state index is 0.0241. The molecule has 0 aliphatic heterocycles. The third-order valence-electron chi connectivity index (χ3n) is 3.98. The van der Waals surface area contributed by atoms with Crippen molar-refractivity contribution in [3.8, 4) is 11.4 Å². The monoisotopic (exact) mass is 374 g/mol. The third kappa shape index (κ3) is 5.54. The van der Waals surface area contributed by atoms with Crippen LogP contribution in [0.25, 0.3) is 5.69 Å². The summed E-state index contributed by atoms with van der Waals surface area (Å²) in [5, 5.41) is 19.7. The molecule has 0 saturated carbocycles. The number of hydrogen-bond acceptors (Lipinski definition) is 5. The summed E-state index contributed by atoms with van der Waals surface area (Å²) < 4.78 is 7.20. The van der Waals surface area contributed by atoms with Crippen LogP contribution in [-0.2, 0) is 4.79 Å². The fourth-order valence-electron chi connectivity index (χ4n) is 2.57. The van der Waals surface area contributed by atoms with Gasteiger partial charge in [-0.3, -0.25) is 9.59 Å². The van der Waals surface area contributed by atoms with Crippen molar-refractivity contribution in [2.45, 2.75) is 59.1 Å². The van der Waals surface area contributed by atoms with Gasteiger partial charge in [0, 0.05) is 12.0 Å². The SMILES string of the molecule is Cc1c(C(=O)NC(C)(C)CCC(=O)O)nnn1-c1ccc(OC(C)C)cc1. The van der Waals surface area contributed by atoms with Crippen LogP contribution in [0.1, 0.15) is 56.7 Å². The third-order valence-corrected chi connectivity index (χ3v) is 3.98. The van der Waals surface area contributed by atoms with Gasteiger partial charge in [0.2, 0.25) is 0 Å². The van der Waals surface area contributed by atoms with E-state index in [2.05, 4.69) is 15.6 Å². The van der Waals surface area contributed by atoms with Crippen molar-refractivity contribution < 1.29 is 19.4 Å². The standard InChI is InChI=1S/C19H26N4O4/c1-12(2)27-15-8-6-14(7-9-15)23-13(3)17(21-22-23)18(26)20-19(4,5)11-10-16(24)25/h6-9,12H,10-11H2,1-5H3,(H,20,26)(H,24,25). The highest BCUT2D eigenvalue weighted by Crippen LogP contribution is 2.19. The number of nitrogens with one attached hydrogen (secondary N) is 1. The molecule has 27 heavy (non-hydrogen) atoms. The van der Waals surface area contributed by atoms with Gasteiger partial charge in [-0.25, -0.2) is 4.68 Å². The summed E-state index contributed by atoms with van der Waals surface area (Å²) in [6, 6.07) is 7.37. The number of carboxylic acid groups (broad SMARTS) is 1. The molecular formula is C19H26N4O4. The second-order valence-electron chi connectivity index (χ2n) is 7.33. The molecule has 1 aromatic carbocycles. The van der Waals surface area contributed by atoms with Gasteiger partial charge in [0.05, 0.1) is 17.5 Å². The zero-order chi connectivity index (χ0) is 20.2. The van der Waals surface area contributed by atoms with E-state index < -0.39 is 11.5 Å². The van der Waals surface area contributed by atoms with Crippen LogP contribution in [0.15, 0.2) is 24.3 Å². The Bertz CT molecular complexity index is 810. The molecule has 146 valence electrons. The molecule has 1 aromatic heterocycles. The van der Waals surface area contributed by atoms with Crippen molar-refractivity contribution in [1.29, 1.82) is 0 Å². The van der Waals surface area contributed by atoms with Gasteiger partial charge in [0.1, 0.15) is 5.75 Å². The predicted octanol–water partition coefficient (Wildman–Crippen LogP) is 2.74. The molecule has 0 bridgehead atoms.